The van der Waals surface area contributed by atoms with Crippen molar-refractivity contribution in [3.63, 3.8) is 0 Å². The Bertz CT molecular complexity index is 1310. The second-order valence-corrected chi connectivity index (χ2v) is 8.75. The van der Waals surface area contributed by atoms with Crippen LogP contribution in [0.4, 0.5) is 5.69 Å². The molecule has 5 heteroatoms. The average molecular weight is 450 g/mol. The minimum absolute atomic E-state index is 0.142. The van der Waals surface area contributed by atoms with Gasteiger partial charge in [-0.2, -0.15) is 5.26 Å². The molecule has 0 bridgehead atoms. The number of nitrogens with zero attached hydrogens (tertiary/aromatic N) is 2. The Morgan fingerprint density at radius 3 is 2.18 bits per heavy atom. The average Bonchev–Trinajstić information content (AvgIpc) is 2.84. The lowest BCUT2D eigenvalue weighted by Gasteiger charge is -2.13. The molecule has 4 rings (SSSR count). The number of hydrogen-bond donors (Lipinski definition) is 1. The first-order valence-corrected chi connectivity index (χ1v) is 11.6. The first-order valence-electron chi connectivity index (χ1n) is 10.6. The molecule has 0 radical (unpaired) electrons. The Morgan fingerprint density at radius 1 is 0.909 bits per heavy atom. The van der Waals surface area contributed by atoms with E-state index in [-0.39, 0.29) is 11.7 Å². The highest BCUT2D eigenvalue weighted by Crippen LogP contribution is 2.34. The quantitative estimate of drug-likeness (QED) is 0.335. The molecule has 0 spiro atoms. The van der Waals surface area contributed by atoms with Crippen LogP contribution in [-0.4, -0.2) is 16.6 Å². The van der Waals surface area contributed by atoms with E-state index in [2.05, 4.69) is 11.4 Å². The maximum Gasteiger partial charge on any atom is 0.234 e. The van der Waals surface area contributed by atoms with Crippen LogP contribution in [0.25, 0.3) is 22.4 Å². The van der Waals surface area contributed by atoms with Crippen LogP contribution in [0.5, 0.6) is 0 Å². The van der Waals surface area contributed by atoms with Gasteiger partial charge in [-0.1, -0.05) is 89.6 Å². The molecular formula is C28H23N3OS. The molecule has 0 unspecified atom stereocenters. The van der Waals surface area contributed by atoms with Crippen LogP contribution in [0, 0.1) is 25.2 Å². The lowest BCUT2D eigenvalue weighted by atomic mass is 9.99. The maximum absolute atomic E-state index is 12.6. The summed E-state index contributed by atoms with van der Waals surface area (Å²) in [5.41, 5.74) is 7.01. The van der Waals surface area contributed by atoms with Crippen molar-refractivity contribution in [1.29, 1.82) is 5.26 Å². The molecule has 4 aromatic rings. The molecule has 1 N–H and O–H groups in total. The van der Waals surface area contributed by atoms with Crippen molar-refractivity contribution >= 4 is 23.4 Å². The van der Waals surface area contributed by atoms with E-state index >= 15 is 0 Å². The highest BCUT2D eigenvalue weighted by Gasteiger charge is 2.17. The van der Waals surface area contributed by atoms with Gasteiger partial charge in [-0.25, -0.2) is 4.98 Å². The third-order valence-electron chi connectivity index (χ3n) is 5.21. The van der Waals surface area contributed by atoms with Gasteiger partial charge >= 0.3 is 0 Å². The molecule has 0 saturated heterocycles. The largest absolute Gasteiger partial charge is 0.325 e. The monoisotopic (exact) mass is 449 g/mol. The Hall–Kier alpha value is -3.88. The Kier molecular flexibility index (Phi) is 6.87. The summed E-state index contributed by atoms with van der Waals surface area (Å²) in [7, 11) is 0. The molecule has 0 saturated carbocycles. The molecule has 4 nitrogen and oxygen atoms in total. The summed E-state index contributed by atoms with van der Waals surface area (Å²) in [6, 6.07) is 29.9. The summed E-state index contributed by atoms with van der Waals surface area (Å²) in [5.74, 6) is 0.0118. The Balaban J connectivity index is 1.67. The number of amides is 1. The molecule has 1 aromatic heterocycles. The molecule has 0 fully saturated rings. The first kappa shape index (κ1) is 22.3. The van der Waals surface area contributed by atoms with E-state index in [1.165, 1.54) is 11.8 Å². The van der Waals surface area contributed by atoms with Gasteiger partial charge < -0.3 is 5.32 Å². The zero-order valence-corrected chi connectivity index (χ0v) is 19.3. The topological polar surface area (TPSA) is 65.8 Å². The number of anilines is 1. The molecule has 0 atom stereocenters. The fraction of sp³-hybridized carbons (Fsp3) is 0.107. The van der Waals surface area contributed by atoms with Gasteiger partial charge in [-0.05, 0) is 37.6 Å². The van der Waals surface area contributed by atoms with E-state index in [4.69, 9.17) is 4.98 Å². The summed E-state index contributed by atoms with van der Waals surface area (Å²) in [6.07, 6.45) is 0. The number of benzene rings is 3. The van der Waals surface area contributed by atoms with Gasteiger partial charge in [-0.3, -0.25) is 4.79 Å². The zero-order chi connectivity index (χ0) is 23.2. The summed E-state index contributed by atoms with van der Waals surface area (Å²) in [6.45, 7) is 4.04. The molecule has 0 aliphatic heterocycles. The van der Waals surface area contributed by atoms with Crippen LogP contribution in [0.2, 0.25) is 0 Å². The predicted octanol–water partition coefficient (Wildman–Crippen LogP) is 6.63. The van der Waals surface area contributed by atoms with Crippen molar-refractivity contribution in [3.8, 4) is 28.5 Å². The van der Waals surface area contributed by atoms with Crippen molar-refractivity contribution in [2.24, 2.45) is 0 Å². The van der Waals surface area contributed by atoms with E-state index in [0.29, 0.717) is 10.6 Å². The summed E-state index contributed by atoms with van der Waals surface area (Å²) < 4.78 is 0. The van der Waals surface area contributed by atoms with Gasteiger partial charge in [0, 0.05) is 16.8 Å². The molecule has 0 aliphatic rings. The molecule has 162 valence electrons. The number of hydrogen-bond acceptors (Lipinski definition) is 4. The van der Waals surface area contributed by atoms with Crippen LogP contribution in [0.15, 0.2) is 90.0 Å². The second-order valence-electron chi connectivity index (χ2n) is 7.78. The van der Waals surface area contributed by atoms with E-state index in [1.54, 1.807) is 0 Å². The van der Waals surface area contributed by atoms with Crippen molar-refractivity contribution in [1.82, 2.24) is 4.98 Å². The fourth-order valence-electron chi connectivity index (χ4n) is 3.42. The van der Waals surface area contributed by atoms with Crippen molar-refractivity contribution in [3.05, 3.63) is 102 Å². The number of aryl methyl sites for hydroxylation is 2. The smallest absolute Gasteiger partial charge is 0.234 e. The van der Waals surface area contributed by atoms with Crippen LogP contribution >= 0.6 is 11.8 Å². The maximum atomic E-state index is 12.6. The number of thioether (sulfide) groups is 1. The van der Waals surface area contributed by atoms with Gasteiger partial charge in [0.2, 0.25) is 5.91 Å². The lowest BCUT2D eigenvalue weighted by molar-refractivity contribution is -0.113. The second kappa shape index (κ2) is 10.2. The molecule has 1 heterocycles. The van der Waals surface area contributed by atoms with E-state index in [1.807, 2.05) is 98.8 Å². The van der Waals surface area contributed by atoms with E-state index < -0.39 is 0 Å². The molecule has 33 heavy (non-hydrogen) atoms. The normalized spacial score (nSPS) is 10.5. The van der Waals surface area contributed by atoms with Gasteiger partial charge in [0.05, 0.1) is 17.0 Å². The fourth-order valence-corrected chi connectivity index (χ4v) is 4.22. The van der Waals surface area contributed by atoms with Crippen LogP contribution in [-0.2, 0) is 4.79 Å². The van der Waals surface area contributed by atoms with Gasteiger partial charge in [0.1, 0.15) is 11.1 Å². The number of nitrogens with one attached hydrogen (secondary N) is 1. The molecule has 1 amide bonds. The zero-order valence-electron chi connectivity index (χ0n) is 18.5. The third kappa shape index (κ3) is 5.49. The molecule has 0 aliphatic carbocycles. The van der Waals surface area contributed by atoms with E-state index in [9.17, 15) is 10.1 Å². The third-order valence-corrected chi connectivity index (χ3v) is 6.18. The number of carbonyl (C=O) groups is 1. The Morgan fingerprint density at radius 2 is 1.55 bits per heavy atom. The van der Waals surface area contributed by atoms with Gasteiger partial charge in [-0.15, -0.1) is 0 Å². The van der Waals surface area contributed by atoms with Crippen molar-refractivity contribution in [2.45, 2.75) is 18.9 Å². The lowest BCUT2D eigenvalue weighted by Crippen LogP contribution is -2.14. The van der Waals surface area contributed by atoms with Gasteiger partial charge in [0.25, 0.3) is 0 Å². The first-order chi connectivity index (χ1) is 16.0. The van der Waals surface area contributed by atoms with Crippen LogP contribution in [0.3, 0.4) is 0 Å². The SMILES string of the molecule is Cc1ccc(NC(=O)CSc2nc(-c3ccc(C)cc3)cc(-c3ccccc3)c2C#N)cc1. The highest BCUT2D eigenvalue weighted by molar-refractivity contribution is 8.00. The summed E-state index contributed by atoms with van der Waals surface area (Å²) >= 11 is 1.28. The van der Waals surface area contributed by atoms with Crippen LogP contribution in [0.1, 0.15) is 16.7 Å². The Labute approximate surface area is 198 Å². The minimum atomic E-state index is -0.142. The summed E-state index contributed by atoms with van der Waals surface area (Å²) in [4.78, 5) is 17.4. The summed E-state index contributed by atoms with van der Waals surface area (Å²) in [5, 5.41) is 13.4. The van der Waals surface area contributed by atoms with Gasteiger partial charge in [0.15, 0.2) is 0 Å². The number of aromatic nitrogens is 1. The van der Waals surface area contributed by atoms with Crippen LogP contribution < -0.4 is 5.32 Å². The molecular weight excluding hydrogens is 426 g/mol. The number of nitriles is 1. The predicted molar refractivity (Wildman–Crippen MR) is 135 cm³/mol. The minimum Gasteiger partial charge on any atom is -0.325 e. The van der Waals surface area contributed by atoms with Crippen molar-refractivity contribution in [2.75, 3.05) is 11.1 Å². The number of carbonyl (C=O) groups excluding carboxylic acids is 1. The highest BCUT2D eigenvalue weighted by atomic mass is 32.2. The number of pyridine rings is 1. The standard InChI is InChI=1S/C28H23N3OS/c1-19-8-12-22(13-9-19)26-16-24(21-6-4-3-5-7-21)25(17-29)28(31-26)33-18-27(32)30-23-14-10-20(2)11-15-23/h3-16H,18H2,1-2H3,(H,30,32). The molecule has 3 aromatic carbocycles. The van der Waals surface area contributed by atoms with Crippen molar-refractivity contribution < 1.29 is 4.79 Å². The van der Waals surface area contributed by atoms with E-state index in [0.717, 1.165) is 39.2 Å². The number of rotatable bonds is 6.